The molecular formula is C17H24N2O6. The molecule has 1 aromatic carbocycles. The normalized spacial score (nSPS) is 14.0. The van der Waals surface area contributed by atoms with E-state index in [2.05, 4.69) is 10.1 Å². The van der Waals surface area contributed by atoms with Gasteiger partial charge >= 0.3 is 5.97 Å². The molecule has 0 spiro atoms. The fourth-order valence-corrected chi connectivity index (χ4v) is 2.59. The van der Waals surface area contributed by atoms with Crippen LogP contribution in [-0.4, -0.2) is 43.7 Å². The Labute approximate surface area is 146 Å². The zero-order valence-corrected chi connectivity index (χ0v) is 14.5. The Kier molecular flexibility index (Phi) is 9.16. The molecule has 25 heavy (non-hydrogen) atoms. The van der Waals surface area contributed by atoms with Gasteiger partial charge in [0.05, 0.1) is 23.7 Å². The molecule has 1 aromatic rings. The summed E-state index contributed by atoms with van der Waals surface area (Å²) in [7, 11) is 0. The van der Waals surface area contributed by atoms with Gasteiger partial charge in [-0.1, -0.05) is 6.07 Å². The van der Waals surface area contributed by atoms with Gasteiger partial charge in [0.2, 0.25) is 0 Å². The van der Waals surface area contributed by atoms with Crippen molar-refractivity contribution in [1.82, 2.24) is 5.32 Å². The van der Waals surface area contributed by atoms with Crippen molar-refractivity contribution in [2.45, 2.75) is 32.6 Å². The van der Waals surface area contributed by atoms with E-state index in [0.717, 1.165) is 25.9 Å². The van der Waals surface area contributed by atoms with Crippen LogP contribution in [0.3, 0.4) is 0 Å². The van der Waals surface area contributed by atoms with Crippen molar-refractivity contribution in [2.24, 2.45) is 0 Å². The molecular weight excluding hydrogens is 328 g/mol. The van der Waals surface area contributed by atoms with E-state index in [9.17, 15) is 19.7 Å². The number of benzene rings is 1. The fraction of sp³-hybridized carbons (Fsp3) is 0.529. The maximum absolute atomic E-state index is 11.7. The molecule has 2 rings (SSSR count). The molecule has 0 atom stereocenters. The molecule has 0 bridgehead atoms. The van der Waals surface area contributed by atoms with E-state index in [-0.39, 0.29) is 23.8 Å². The quantitative estimate of drug-likeness (QED) is 0.362. The van der Waals surface area contributed by atoms with Crippen molar-refractivity contribution >= 4 is 18.1 Å². The number of esters is 1. The lowest BCUT2D eigenvalue weighted by atomic mass is 9.88. The molecule has 0 unspecified atom stereocenters. The van der Waals surface area contributed by atoms with Crippen LogP contribution >= 0.6 is 0 Å². The molecule has 0 amide bonds. The first-order valence-corrected chi connectivity index (χ1v) is 8.26. The summed E-state index contributed by atoms with van der Waals surface area (Å²) in [5.74, 6) is -0.347. The van der Waals surface area contributed by atoms with Gasteiger partial charge in [-0.05, 0) is 51.8 Å². The van der Waals surface area contributed by atoms with Crippen LogP contribution in [0.15, 0.2) is 18.2 Å². The number of hydrogen-bond acceptors (Lipinski definition) is 7. The second kappa shape index (κ2) is 11.1. The smallest absolute Gasteiger partial charge is 0.338 e. The zero-order chi connectivity index (χ0) is 18.7. The Balaban J connectivity index is 0.000000550. The molecule has 0 radical (unpaired) electrons. The van der Waals surface area contributed by atoms with E-state index in [0.29, 0.717) is 18.6 Å². The Morgan fingerprint density at radius 1 is 1.32 bits per heavy atom. The highest BCUT2D eigenvalue weighted by atomic mass is 16.6. The predicted molar refractivity (Wildman–Crippen MR) is 91.6 cm³/mol. The molecule has 1 N–H and O–H groups in total. The van der Waals surface area contributed by atoms with Crippen LogP contribution in [0, 0.1) is 10.1 Å². The summed E-state index contributed by atoms with van der Waals surface area (Å²) in [5.41, 5.74) is 0.961. The highest BCUT2D eigenvalue weighted by Crippen LogP contribution is 2.33. The van der Waals surface area contributed by atoms with Crippen molar-refractivity contribution in [1.29, 1.82) is 0 Å². The molecule has 0 aromatic heterocycles. The first-order chi connectivity index (χ1) is 12.0. The Morgan fingerprint density at radius 3 is 2.48 bits per heavy atom. The summed E-state index contributed by atoms with van der Waals surface area (Å²) in [6.07, 6.45) is 1.75. The number of rotatable bonds is 6. The van der Waals surface area contributed by atoms with Crippen LogP contribution < -0.4 is 5.32 Å². The number of nitrogens with one attached hydrogen (secondary N) is 1. The van der Waals surface area contributed by atoms with Gasteiger partial charge in [0, 0.05) is 11.6 Å². The first kappa shape index (κ1) is 20.6. The van der Waals surface area contributed by atoms with Gasteiger partial charge in [-0.3, -0.25) is 14.9 Å². The number of carbonyl (C=O) groups excluding carboxylic acids is 2. The second-order valence-corrected chi connectivity index (χ2v) is 5.33. The van der Waals surface area contributed by atoms with Gasteiger partial charge in [-0.25, -0.2) is 4.79 Å². The minimum absolute atomic E-state index is 0.0162. The average molecular weight is 352 g/mol. The lowest BCUT2D eigenvalue weighted by Crippen LogP contribution is -2.27. The van der Waals surface area contributed by atoms with Gasteiger partial charge < -0.3 is 14.8 Å². The molecule has 138 valence electrons. The lowest BCUT2D eigenvalue weighted by Gasteiger charge is -2.22. The maximum Gasteiger partial charge on any atom is 0.338 e. The number of hydrogen-bond donors (Lipinski definition) is 1. The standard InChI is InChI=1S/C14H18N2O4.C3H6O2/c1-2-20-14(17)11-3-4-12(13(9-11)16(18)19)10-5-7-15-8-6-10;1-2-5-3-4/h3-4,9-10,15H,2,5-8H2,1H3;3H,2H2,1H3. The van der Waals surface area contributed by atoms with E-state index in [1.807, 2.05) is 0 Å². The van der Waals surface area contributed by atoms with Crippen LogP contribution in [-0.2, 0) is 14.3 Å². The second-order valence-electron chi connectivity index (χ2n) is 5.33. The molecule has 1 saturated heterocycles. The van der Waals surface area contributed by atoms with Crippen LogP contribution in [0.4, 0.5) is 5.69 Å². The zero-order valence-electron chi connectivity index (χ0n) is 14.5. The third-order valence-corrected chi connectivity index (χ3v) is 3.75. The van der Waals surface area contributed by atoms with E-state index in [4.69, 9.17) is 4.74 Å². The Bertz CT molecular complexity index is 585. The third-order valence-electron chi connectivity index (χ3n) is 3.75. The summed E-state index contributed by atoms with van der Waals surface area (Å²) >= 11 is 0. The molecule has 1 fully saturated rings. The van der Waals surface area contributed by atoms with E-state index in [1.54, 1.807) is 26.0 Å². The number of ether oxygens (including phenoxy) is 2. The number of carbonyl (C=O) groups is 2. The monoisotopic (exact) mass is 352 g/mol. The van der Waals surface area contributed by atoms with Crippen molar-refractivity contribution in [3.05, 3.63) is 39.4 Å². The van der Waals surface area contributed by atoms with Gasteiger partial charge in [0.25, 0.3) is 12.2 Å². The van der Waals surface area contributed by atoms with Crippen molar-refractivity contribution < 1.29 is 24.0 Å². The highest BCUT2D eigenvalue weighted by Gasteiger charge is 2.25. The predicted octanol–water partition coefficient (Wildman–Crippen LogP) is 2.42. The first-order valence-electron chi connectivity index (χ1n) is 8.26. The van der Waals surface area contributed by atoms with E-state index < -0.39 is 10.9 Å². The molecule has 0 saturated carbocycles. The average Bonchev–Trinajstić information content (AvgIpc) is 2.63. The highest BCUT2D eigenvalue weighted by molar-refractivity contribution is 5.90. The van der Waals surface area contributed by atoms with Crippen molar-refractivity contribution in [3.8, 4) is 0 Å². The number of nitro groups is 1. The summed E-state index contributed by atoms with van der Waals surface area (Å²) in [4.78, 5) is 31.7. The number of piperidine rings is 1. The van der Waals surface area contributed by atoms with Crippen LogP contribution in [0.5, 0.6) is 0 Å². The SMILES string of the molecule is CCOC(=O)c1ccc(C2CCNCC2)c([N+](=O)[O-])c1.CCOC=O. The van der Waals surface area contributed by atoms with Crippen LogP contribution in [0.25, 0.3) is 0 Å². The largest absolute Gasteiger partial charge is 0.468 e. The van der Waals surface area contributed by atoms with E-state index in [1.165, 1.54) is 6.07 Å². The Morgan fingerprint density at radius 2 is 2.00 bits per heavy atom. The topological polar surface area (TPSA) is 108 Å². The van der Waals surface area contributed by atoms with Crippen molar-refractivity contribution in [2.75, 3.05) is 26.3 Å². The van der Waals surface area contributed by atoms with Gasteiger partial charge in [-0.2, -0.15) is 0 Å². The molecule has 1 aliphatic heterocycles. The summed E-state index contributed by atoms with van der Waals surface area (Å²) in [5, 5.41) is 14.5. The van der Waals surface area contributed by atoms with Crippen LogP contribution in [0.1, 0.15) is 48.5 Å². The van der Waals surface area contributed by atoms with E-state index >= 15 is 0 Å². The molecule has 0 aliphatic carbocycles. The fourth-order valence-electron chi connectivity index (χ4n) is 2.59. The summed E-state index contributed by atoms with van der Waals surface area (Å²) < 4.78 is 9.03. The maximum atomic E-state index is 11.7. The van der Waals surface area contributed by atoms with Gasteiger partial charge in [-0.15, -0.1) is 0 Å². The number of nitro benzene ring substituents is 1. The summed E-state index contributed by atoms with van der Waals surface area (Å²) in [6, 6.07) is 4.64. The van der Waals surface area contributed by atoms with Crippen LogP contribution in [0.2, 0.25) is 0 Å². The summed E-state index contributed by atoms with van der Waals surface area (Å²) in [6.45, 7) is 6.35. The minimum Gasteiger partial charge on any atom is -0.468 e. The molecule has 8 heteroatoms. The molecule has 1 heterocycles. The minimum atomic E-state index is -0.521. The van der Waals surface area contributed by atoms with Crippen molar-refractivity contribution in [3.63, 3.8) is 0 Å². The van der Waals surface area contributed by atoms with Gasteiger partial charge in [0.1, 0.15) is 0 Å². The lowest BCUT2D eigenvalue weighted by molar-refractivity contribution is -0.385. The molecule has 1 aliphatic rings. The molecule has 8 nitrogen and oxygen atoms in total. The third kappa shape index (κ3) is 6.50. The van der Waals surface area contributed by atoms with Gasteiger partial charge in [0.15, 0.2) is 0 Å². The number of nitrogens with zero attached hydrogens (tertiary/aromatic N) is 1. The Hall–Kier alpha value is -2.48.